The molecule has 0 aromatic rings. The molecule has 0 aromatic heterocycles. The van der Waals surface area contributed by atoms with Crippen molar-refractivity contribution in [2.24, 2.45) is 0 Å². The summed E-state index contributed by atoms with van der Waals surface area (Å²) in [6.07, 6.45) is 0. The topological polar surface area (TPSA) is 69.6 Å². The Hall–Kier alpha value is -0.520. The Morgan fingerprint density at radius 2 is 1.92 bits per heavy atom. The number of carbonyl (C=O) groups is 2. The van der Waals surface area contributed by atoms with Crippen LogP contribution in [0.4, 0.5) is 0 Å². The van der Waals surface area contributed by atoms with E-state index in [0.717, 1.165) is 0 Å². The first-order chi connectivity index (χ1) is 5.91. The molecular formula is C6H10Cl2N2O3. The lowest BCUT2D eigenvalue weighted by atomic mass is 10.3. The smallest absolute Gasteiger partial charge is 0.327 e. The van der Waals surface area contributed by atoms with E-state index in [1.165, 1.54) is 13.8 Å². The van der Waals surface area contributed by atoms with Crippen molar-refractivity contribution in [1.29, 1.82) is 0 Å². The van der Waals surface area contributed by atoms with Crippen LogP contribution in [-0.4, -0.2) is 33.5 Å². The molecule has 0 aliphatic rings. The molecule has 2 atom stereocenters. The van der Waals surface area contributed by atoms with Crippen LogP contribution < -0.4 is 4.84 Å². The number of hydrogen-bond donors (Lipinski definition) is 2. The normalized spacial score (nSPS) is 14.8. The second-order valence-corrected chi connectivity index (χ2v) is 3.08. The van der Waals surface area contributed by atoms with Gasteiger partial charge in [0.25, 0.3) is 5.91 Å². The standard InChI is InChI=1S/C6H10Cl2N2O3/c1-3(9-7)5(11)10(8)4(2)6(12)13/h3-4,9H,1-2H3,(H,12,13)/t3-,4-/m0/s1. The first-order valence-electron chi connectivity index (χ1n) is 3.49. The van der Waals surface area contributed by atoms with E-state index in [1.54, 1.807) is 0 Å². The maximum Gasteiger partial charge on any atom is 0.327 e. The number of nitrogens with zero attached hydrogens (tertiary/aromatic N) is 1. The zero-order chi connectivity index (χ0) is 10.6. The summed E-state index contributed by atoms with van der Waals surface area (Å²) >= 11 is 10.6. The fourth-order valence-corrected chi connectivity index (χ4v) is 0.843. The van der Waals surface area contributed by atoms with E-state index in [1.807, 2.05) is 0 Å². The molecule has 0 rings (SSSR count). The highest BCUT2D eigenvalue weighted by Gasteiger charge is 2.27. The summed E-state index contributed by atoms with van der Waals surface area (Å²) in [4.78, 5) is 23.8. The molecule has 0 aliphatic carbocycles. The molecule has 5 nitrogen and oxygen atoms in total. The number of amides is 1. The second kappa shape index (κ2) is 5.26. The number of aliphatic carboxylic acids is 1. The number of carboxylic acid groups (broad SMARTS) is 1. The number of carboxylic acids is 1. The Labute approximate surface area is 85.8 Å². The molecule has 0 fully saturated rings. The van der Waals surface area contributed by atoms with Crippen LogP contribution in [0.3, 0.4) is 0 Å². The van der Waals surface area contributed by atoms with Crippen molar-refractivity contribution in [3.05, 3.63) is 0 Å². The third-order valence-corrected chi connectivity index (χ3v) is 2.23. The zero-order valence-corrected chi connectivity index (χ0v) is 8.63. The zero-order valence-electron chi connectivity index (χ0n) is 7.12. The van der Waals surface area contributed by atoms with E-state index >= 15 is 0 Å². The van der Waals surface area contributed by atoms with E-state index < -0.39 is 24.0 Å². The maximum absolute atomic E-state index is 11.2. The molecule has 13 heavy (non-hydrogen) atoms. The molecule has 0 spiro atoms. The van der Waals surface area contributed by atoms with Crippen molar-refractivity contribution in [1.82, 2.24) is 9.25 Å². The number of hydrogen-bond acceptors (Lipinski definition) is 3. The highest BCUT2D eigenvalue weighted by molar-refractivity contribution is 6.24. The van der Waals surface area contributed by atoms with Gasteiger partial charge in [0.1, 0.15) is 6.04 Å². The highest BCUT2D eigenvalue weighted by Crippen LogP contribution is 2.06. The van der Waals surface area contributed by atoms with Crippen molar-refractivity contribution in [3.63, 3.8) is 0 Å². The molecule has 0 saturated heterocycles. The summed E-state index contributed by atoms with van der Waals surface area (Å²) in [7, 11) is 0. The maximum atomic E-state index is 11.2. The van der Waals surface area contributed by atoms with Crippen LogP contribution in [0.2, 0.25) is 0 Å². The fraction of sp³-hybridized carbons (Fsp3) is 0.667. The number of halogens is 2. The van der Waals surface area contributed by atoms with Gasteiger partial charge in [-0.3, -0.25) is 4.79 Å². The summed E-state index contributed by atoms with van der Waals surface area (Å²) in [5, 5.41) is 8.52. The molecule has 2 N–H and O–H groups in total. The molecular weight excluding hydrogens is 219 g/mol. The Morgan fingerprint density at radius 3 is 2.23 bits per heavy atom. The summed E-state index contributed by atoms with van der Waals surface area (Å²) in [6.45, 7) is 2.77. The van der Waals surface area contributed by atoms with Crippen molar-refractivity contribution in [3.8, 4) is 0 Å². The van der Waals surface area contributed by atoms with Crippen molar-refractivity contribution in [2.75, 3.05) is 0 Å². The van der Waals surface area contributed by atoms with E-state index in [0.29, 0.717) is 4.42 Å². The first kappa shape index (κ1) is 12.5. The SMILES string of the molecule is C[C@H](NCl)C(=O)N(Cl)[C@@H](C)C(=O)O. The van der Waals surface area contributed by atoms with Crippen molar-refractivity contribution < 1.29 is 14.7 Å². The minimum atomic E-state index is -1.18. The quantitative estimate of drug-likeness (QED) is 0.691. The van der Waals surface area contributed by atoms with Gasteiger partial charge in [0.2, 0.25) is 0 Å². The van der Waals surface area contributed by atoms with Crippen LogP contribution in [0.5, 0.6) is 0 Å². The Morgan fingerprint density at radius 1 is 1.46 bits per heavy atom. The first-order valence-corrected chi connectivity index (χ1v) is 4.21. The third kappa shape index (κ3) is 3.38. The minimum Gasteiger partial charge on any atom is -0.480 e. The second-order valence-electron chi connectivity index (χ2n) is 2.49. The van der Waals surface area contributed by atoms with E-state index in [-0.39, 0.29) is 0 Å². The van der Waals surface area contributed by atoms with E-state index in [9.17, 15) is 9.59 Å². The van der Waals surface area contributed by atoms with Gasteiger partial charge in [-0.05, 0) is 25.6 Å². The van der Waals surface area contributed by atoms with Gasteiger partial charge in [-0.2, -0.15) is 0 Å². The average Bonchev–Trinajstić information content (AvgIpc) is 2.12. The minimum absolute atomic E-state index is 0.591. The molecule has 1 amide bonds. The molecule has 0 saturated carbocycles. The average molecular weight is 229 g/mol. The predicted molar refractivity (Wildman–Crippen MR) is 48.2 cm³/mol. The summed E-state index contributed by atoms with van der Waals surface area (Å²) in [5.41, 5.74) is 0. The predicted octanol–water partition coefficient (Wildman–Crippen LogP) is 0.574. The highest BCUT2D eigenvalue weighted by atomic mass is 35.5. The monoisotopic (exact) mass is 228 g/mol. The van der Waals surface area contributed by atoms with Gasteiger partial charge in [-0.1, -0.05) is 0 Å². The van der Waals surface area contributed by atoms with Gasteiger partial charge in [-0.15, -0.1) is 0 Å². The number of nitrogens with one attached hydrogen (secondary N) is 1. The Kier molecular flexibility index (Phi) is 5.05. The summed E-state index contributed by atoms with van der Waals surface area (Å²) in [5.74, 6) is -1.77. The molecule has 76 valence electrons. The molecule has 7 heteroatoms. The molecule has 0 bridgehead atoms. The fourth-order valence-electron chi connectivity index (χ4n) is 0.519. The van der Waals surface area contributed by atoms with E-state index in [2.05, 4.69) is 4.84 Å². The lowest BCUT2D eigenvalue weighted by Gasteiger charge is -2.20. The van der Waals surface area contributed by atoms with E-state index in [4.69, 9.17) is 28.7 Å². The molecule has 0 radical (unpaired) electrons. The number of carbonyl (C=O) groups excluding carboxylic acids is 1. The van der Waals surface area contributed by atoms with Gasteiger partial charge < -0.3 is 5.11 Å². The van der Waals surface area contributed by atoms with Gasteiger partial charge in [-0.25, -0.2) is 14.0 Å². The largest absolute Gasteiger partial charge is 0.480 e. The van der Waals surface area contributed by atoms with Crippen molar-refractivity contribution in [2.45, 2.75) is 25.9 Å². The van der Waals surface area contributed by atoms with Crippen LogP contribution in [0.15, 0.2) is 0 Å². The molecule has 0 unspecified atom stereocenters. The van der Waals surface area contributed by atoms with Gasteiger partial charge >= 0.3 is 5.97 Å². The molecule has 0 aliphatic heterocycles. The van der Waals surface area contributed by atoms with Gasteiger partial charge in [0, 0.05) is 11.8 Å². The Balaban J connectivity index is 4.33. The number of rotatable bonds is 4. The molecule has 0 heterocycles. The summed E-state index contributed by atoms with van der Waals surface area (Å²) < 4.78 is 0.600. The van der Waals surface area contributed by atoms with Crippen LogP contribution in [-0.2, 0) is 9.59 Å². The molecule has 0 aromatic carbocycles. The lowest BCUT2D eigenvalue weighted by Crippen LogP contribution is -2.44. The van der Waals surface area contributed by atoms with Crippen molar-refractivity contribution >= 4 is 35.4 Å². The van der Waals surface area contributed by atoms with Gasteiger partial charge in [0.05, 0.1) is 6.04 Å². The summed E-state index contributed by atoms with van der Waals surface area (Å²) in [6, 6.07) is -1.80. The van der Waals surface area contributed by atoms with Crippen LogP contribution >= 0.6 is 23.6 Å². The van der Waals surface area contributed by atoms with Crippen LogP contribution in [0.1, 0.15) is 13.8 Å². The van der Waals surface area contributed by atoms with Gasteiger partial charge in [0.15, 0.2) is 0 Å². The van der Waals surface area contributed by atoms with Crippen LogP contribution in [0, 0.1) is 0 Å². The Bertz CT molecular complexity index is 212. The van der Waals surface area contributed by atoms with Crippen LogP contribution in [0.25, 0.3) is 0 Å². The third-order valence-electron chi connectivity index (χ3n) is 1.44. The lowest BCUT2D eigenvalue weighted by molar-refractivity contribution is -0.145.